The standard InChI is InChI=1S/C22H22FN3O2/c1-24-11-13-25(14-12-24)20-19(17-5-3-2-4-6-17)21(27)26(22(20)28)15-16-7-9-18(23)10-8-16/h2-10H,11-15H2,1H3. The molecule has 0 unspecified atom stereocenters. The van der Waals surface area contributed by atoms with Crippen LogP contribution < -0.4 is 0 Å². The maximum absolute atomic E-state index is 13.3. The highest BCUT2D eigenvalue weighted by atomic mass is 19.1. The average Bonchev–Trinajstić information content (AvgIpc) is 2.95. The van der Waals surface area contributed by atoms with E-state index in [1.165, 1.54) is 17.0 Å². The number of likely N-dealkylation sites (N-methyl/N-ethyl adjacent to an activating group) is 1. The van der Waals surface area contributed by atoms with Crippen LogP contribution in [0.5, 0.6) is 0 Å². The minimum atomic E-state index is -0.343. The fourth-order valence-corrected chi connectivity index (χ4v) is 3.67. The second-order valence-corrected chi connectivity index (χ2v) is 7.20. The molecule has 0 saturated carbocycles. The lowest BCUT2D eigenvalue weighted by molar-refractivity contribution is -0.138. The maximum Gasteiger partial charge on any atom is 0.278 e. The van der Waals surface area contributed by atoms with Crippen molar-refractivity contribution in [3.63, 3.8) is 0 Å². The molecular weight excluding hydrogens is 357 g/mol. The zero-order valence-electron chi connectivity index (χ0n) is 15.8. The van der Waals surface area contributed by atoms with E-state index in [9.17, 15) is 14.0 Å². The summed E-state index contributed by atoms with van der Waals surface area (Å²) in [6, 6.07) is 15.2. The normalized spacial score (nSPS) is 18.4. The number of benzene rings is 2. The molecule has 0 aromatic heterocycles. The third-order valence-corrected chi connectivity index (χ3v) is 5.28. The molecule has 144 valence electrons. The highest BCUT2D eigenvalue weighted by Gasteiger charge is 2.41. The van der Waals surface area contributed by atoms with Gasteiger partial charge in [-0.05, 0) is 30.3 Å². The number of carbonyl (C=O) groups is 2. The first-order valence-electron chi connectivity index (χ1n) is 9.38. The molecule has 2 heterocycles. The van der Waals surface area contributed by atoms with Crippen LogP contribution in [0.4, 0.5) is 4.39 Å². The molecule has 2 aliphatic heterocycles. The molecule has 2 aliphatic rings. The Morgan fingerprint density at radius 1 is 0.857 bits per heavy atom. The van der Waals surface area contributed by atoms with E-state index in [-0.39, 0.29) is 24.2 Å². The Kier molecular flexibility index (Phi) is 4.96. The molecule has 0 atom stereocenters. The molecule has 2 aromatic rings. The van der Waals surface area contributed by atoms with Crippen molar-refractivity contribution < 1.29 is 14.0 Å². The van der Waals surface area contributed by atoms with Gasteiger partial charge in [-0.1, -0.05) is 42.5 Å². The van der Waals surface area contributed by atoms with Gasteiger partial charge in [-0.3, -0.25) is 14.5 Å². The van der Waals surface area contributed by atoms with Crippen LogP contribution in [0.15, 0.2) is 60.3 Å². The van der Waals surface area contributed by atoms with Crippen LogP contribution in [0.25, 0.3) is 5.57 Å². The van der Waals surface area contributed by atoms with E-state index in [1.807, 2.05) is 42.3 Å². The second kappa shape index (κ2) is 7.56. The van der Waals surface area contributed by atoms with E-state index in [1.54, 1.807) is 12.1 Å². The van der Waals surface area contributed by atoms with Crippen molar-refractivity contribution in [2.45, 2.75) is 6.54 Å². The van der Waals surface area contributed by atoms with Gasteiger partial charge in [0.15, 0.2) is 0 Å². The molecule has 1 saturated heterocycles. The third kappa shape index (κ3) is 3.43. The summed E-state index contributed by atoms with van der Waals surface area (Å²) in [7, 11) is 2.05. The first-order valence-corrected chi connectivity index (χ1v) is 9.38. The zero-order valence-corrected chi connectivity index (χ0v) is 15.8. The van der Waals surface area contributed by atoms with Gasteiger partial charge in [-0.15, -0.1) is 0 Å². The maximum atomic E-state index is 13.3. The topological polar surface area (TPSA) is 43.9 Å². The minimum Gasteiger partial charge on any atom is -0.364 e. The van der Waals surface area contributed by atoms with Crippen LogP contribution in [0.3, 0.4) is 0 Å². The lowest BCUT2D eigenvalue weighted by Crippen LogP contribution is -2.46. The van der Waals surface area contributed by atoms with Crippen molar-refractivity contribution in [2.75, 3.05) is 33.2 Å². The van der Waals surface area contributed by atoms with E-state index in [4.69, 9.17) is 0 Å². The number of rotatable bonds is 4. The lowest BCUT2D eigenvalue weighted by atomic mass is 10.0. The Labute approximate surface area is 163 Å². The number of carbonyl (C=O) groups excluding carboxylic acids is 2. The van der Waals surface area contributed by atoms with Crippen molar-refractivity contribution in [3.05, 3.63) is 77.2 Å². The van der Waals surface area contributed by atoms with E-state index in [0.717, 1.165) is 24.2 Å². The van der Waals surface area contributed by atoms with Gasteiger partial charge in [0, 0.05) is 26.2 Å². The molecule has 0 radical (unpaired) electrons. The molecule has 1 fully saturated rings. The quantitative estimate of drug-likeness (QED) is 0.765. The molecule has 28 heavy (non-hydrogen) atoms. The van der Waals surface area contributed by atoms with E-state index in [0.29, 0.717) is 24.4 Å². The highest BCUT2D eigenvalue weighted by molar-refractivity contribution is 6.35. The molecule has 0 bridgehead atoms. The molecule has 2 amide bonds. The lowest BCUT2D eigenvalue weighted by Gasteiger charge is -2.34. The summed E-state index contributed by atoms with van der Waals surface area (Å²) in [4.78, 5) is 32.0. The van der Waals surface area contributed by atoms with Crippen LogP contribution in [-0.2, 0) is 16.1 Å². The van der Waals surface area contributed by atoms with Crippen molar-refractivity contribution in [1.29, 1.82) is 0 Å². The Bertz CT molecular complexity index is 917. The van der Waals surface area contributed by atoms with Gasteiger partial charge < -0.3 is 9.80 Å². The predicted molar refractivity (Wildman–Crippen MR) is 104 cm³/mol. The van der Waals surface area contributed by atoms with Crippen molar-refractivity contribution in [3.8, 4) is 0 Å². The van der Waals surface area contributed by atoms with E-state index in [2.05, 4.69) is 4.90 Å². The molecule has 0 aliphatic carbocycles. The van der Waals surface area contributed by atoms with Gasteiger partial charge >= 0.3 is 0 Å². The van der Waals surface area contributed by atoms with Crippen LogP contribution in [-0.4, -0.2) is 59.7 Å². The van der Waals surface area contributed by atoms with Crippen LogP contribution in [0.1, 0.15) is 11.1 Å². The van der Waals surface area contributed by atoms with Crippen LogP contribution >= 0.6 is 0 Å². The summed E-state index contributed by atoms with van der Waals surface area (Å²) in [6.45, 7) is 3.21. The first kappa shape index (κ1) is 18.4. The number of piperazine rings is 1. The second-order valence-electron chi connectivity index (χ2n) is 7.20. The van der Waals surface area contributed by atoms with Gasteiger partial charge in [-0.2, -0.15) is 0 Å². The summed E-state index contributed by atoms with van der Waals surface area (Å²) in [6.07, 6.45) is 0. The summed E-state index contributed by atoms with van der Waals surface area (Å²) < 4.78 is 13.2. The third-order valence-electron chi connectivity index (χ3n) is 5.28. The van der Waals surface area contributed by atoms with Gasteiger partial charge in [0.1, 0.15) is 11.5 Å². The Hall–Kier alpha value is -2.99. The van der Waals surface area contributed by atoms with Crippen LogP contribution in [0, 0.1) is 5.82 Å². The Balaban J connectivity index is 1.70. The monoisotopic (exact) mass is 379 g/mol. The predicted octanol–water partition coefficient (Wildman–Crippen LogP) is 2.35. The first-order chi connectivity index (χ1) is 13.5. The number of imide groups is 1. The Morgan fingerprint density at radius 2 is 1.50 bits per heavy atom. The number of halogens is 1. The van der Waals surface area contributed by atoms with Crippen molar-refractivity contribution >= 4 is 17.4 Å². The summed E-state index contributed by atoms with van der Waals surface area (Å²) in [5.74, 6) is -0.920. The zero-order chi connectivity index (χ0) is 19.7. The van der Waals surface area contributed by atoms with Gasteiger partial charge in [0.25, 0.3) is 11.8 Å². The molecule has 6 heteroatoms. The largest absolute Gasteiger partial charge is 0.364 e. The number of nitrogens with zero attached hydrogens (tertiary/aromatic N) is 3. The number of amides is 2. The molecule has 4 rings (SSSR count). The smallest absolute Gasteiger partial charge is 0.278 e. The van der Waals surface area contributed by atoms with E-state index < -0.39 is 0 Å². The van der Waals surface area contributed by atoms with Gasteiger partial charge in [0.2, 0.25) is 0 Å². The molecular formula is C22H22FN3O2. The average molecular weight is 379 g/mol. The molecule has 5 nitrogen and oxygen atoms in total. The van der Waals surface area contributed by atoms with Crippen LogP contribution in [0.2, 0.25) is 0 Å². The fourth-order valence-electron chi connectivity index (χ4n) is 3.67. The van der Waals surface area contributed by atoms with Crippen molar-refractivity contribution in [1.82, 2.24) is 14.7 Å². The SMILES string of the molecule is CN1CCN(C2=C(c3ccccc3)C(=O)N(Cc3ccc(F)cc3)C2=O)CC1. The molecule has 0 N–H and O–H groups in total. The molecule has 0 spiro atoms. The summed E-state index contributed by atoms with van der Waals surface area (Å²) in [5.41, 5.74) is 2.40. The minimum absolute atomic E-state index is 0.130. The number of hydrogen-bond acceptors (Lipinski definition) is 4. The summed E-state index contributed by atoms with van der Waals surface area (Å²) in [5, 5.41) is 0. The molecule has 2 aromatic carbocycles. The Morgan fingerprint density at radius 3 is 2.14 bits per heavy atom. The number of hydrogen-bond donors (Lipinski definition) is 0. The summed E-state index contributed by atoms with van der Waals surface area (Å²) >= 11 is 0. The fraction of sp³-hybridized carbons (Fsp3) is 0.273. The highest BCUT2D eigenvalue weighted by Crippen LogP contribution is 2.33. The van der Waals surface area contributed by atoms with Gasteiger partial charge in [-0.25, -0.2) is 4.39 Å². The van der Waals surface area contributed by atoms with Gasteiger partial charge in [0.05, 0.1) is 12.1 Å². The van der Waals surface area contributed by atoms with E-state index >= 15 is 0 Å². The van der Waals surface area contributed by atoms with Crippen molar-refractivity contribution in [2.24, 2.45) is 0 Å².